The number of hydrogen-bond donors (Lipinski definition) is 1. The number of aryl methyl sites for hydroxylation is 1. The summed E-state index contributed by atoms with van der Waals surface area (Å²) >= 11 is 0. The van der Waals surface area contributed by atoms with Crippen LogP contribution in [0.2, 0.25) is 0 Å². The number of amides is 1. The number of anilines is 1. The highest BCUT2D eigenvalue weighted by atomic mass is 16.5. The quantitative estimate of drug-likeness (QED) is 0.671. The minimum atomic E-state index is 0.00182. The maximum absolute atomic E-state index is 12.0. The average Bonchev–Trinajstić information content (AvgIpc) is 3.15. The van der Waals surface area contributed by atoms with Crippen molar-refractivity contribution in [1.29, 1.82) is 0 Å². The van der Waals surface area contributed by atoms with E-state index < -0.39 is 0 Å². The summed E-state index contributed by atoms with van der Waals surface area (Å²) in [7, 11) is 0. The lowest BCUT2D eigenvalue weighted by molar-refractivity contribution is -0.116. The molecule has 4 nitrogen and oxygen atoms in total. The third-order valence-electron chi connectivity index (χ3n) is 4.58. The summed E-state index contributed by atoms with van der Waals surface area (Å²) in [6.45, 7) is 2.58. The largest absolute Gasteiger partial charge is 0.494 e. The highest BCUT2D eigenvalue weighted by Crippen LogP contribution is 2.25. The molecule has 2 aromatic rings. The van der Waals surface area contributed by atoms with Crippen molar-refractivity contribution in [2.45, 2.75) is 51.6 Å². The standard InChI is InChI=1S/C22H27NO3/c1-17-8-12-19(13-9-17)25-16-4-7-22(24)23-18-10-14-21(15-11-18)26-20-5-2-3-6-20/h8-15,20H,2-7,16H2,1H3,(H,23,24). The maximum Gasteiger partial charge on any atom is 0.224 e. The van der Waals surface area contributed by atoms with Crippen LogP contribution in [0.5, 0.6) is 11.5 Å². The third kappa shape index (κ3) is 5.80. The van der Waals surface area contributed by atoms with E-state index in [-0.39, 0.29) is 5.91 Å². The molecule has 0 spiro atoms. The van der Waals surface area contributed by atoms with Gasteiger partial charge in [-0.2, -0.15) is 0 Å². The fourth-order valence-electron chi connectivity index (χ4n) is 3.10. The highest BCUT2D eigenvalue weighted by Gasteiger charge is 2.16. The molecule has 0 aliphatic heterocycles. The number of carbonyl (C=O) groups is 1. The van der Waals surface area contributed by atoms with Crippen LogP contribution >= 0.6 is 0 Å². The molecule has 26 heavy (non-hydrogen) atoms. The molecule has 0 saturated heterocycles. The van der Waals surface area contributed by atoms with Crippen LogP contribution in [-0.2, 0) is 4.79 Å². The normalized spacial score (nSPS) is 14.2. The first-order valence-corrected chi connectivity index (χ1v) is 9.45. The van der Waals surface area contributed by atoms with Crippen molar-refractivity contribution in [3.8, 4) is 11.5 Å². The van der Waals surface area contributed by atoms with E-state index in [0.717, 1.165) is 30.0 Å². The highest BCUT2D eigenvalue weighted by molar-refractivity contribution is 5.90. The van der Waals surface area contributed by atoms with Gasteiger partial charge in [0.25, 0.3) is 0 Å². The molecule has 1 fully saturated rings. The van der Waals surface area contributed by atoms with Gasteiger partial charge in [0.2, 0.25) is 5.91 Å². The Bertz CT molecular complexity index is 688. The number of benzene rings is 2. The molecule has 0 bridgehead atoms. The number of carbonyl (C=O) groups excluding carboxylic acids is 1. The average molecular weight is 353 g/mol. The topological polar surface area (TPSA) is 47.6 Å². The zero-order chi connectivity index (χ0) is 18.2. The summed E-state index contributed by atoms with van der Waals surface area (Å²) in [5, 5.41) is 2.92. The molecule has 4 heteroatoms. The lowest BCUT2D eigenvalue weighted by atomic mass is 10.2. The number of hydrogen-bond acceptors (Lipinski definition) is 3. The summed E-state index contributed by atoms with van der Waals surface area (Å²) in [6.07, 6.45) is 6.27. The van der Waals surface area contributed by atoms with Gasteiger partial charge >= 0.3 is 0 Å². The lowest BCUT2D eigenvalue weighted by Gasteiger charge is -2.13. The van der Waals surface area contributed by atoms with Crippen LogP contribution in [0.15, 0.2) is 48.5 Å². The van der Waals surface area contributed by atoms with Gasteiger partial charge in [-0.25, -0.2) is 0 Å². The van der Waals surface area contributed by atoms with Crippen molar-refractivity contribution < 1.29 is 14.3 Å². The first-order valence-electron chi connectivity index (χ1n) is 9.45. The fourth-order valence-corrected chi connectivity index (χ4v) is 3.10. The summed E-state index contributed by atoms with van der Waals surface area (Å²) in [5.74, 6) is 1.72. The Morgan fingerprint density at radius 1 is 1.00 bits per heavy atom. The van der Waals surface area contributed by atoms with Gasteiger partial charge in [-0.05, 0) is 75.4 Å². The summed E-state index contributed by atoms with van der Waals surface area (Å²) in [6, 6.07) is 15.6. The van der Waals surface area contributed by atoms with Crippen LogP contribution in [0.25, 0.3) is 0 Å². The van der Waals surface area contributed by atoms with Crippen LogP contribution in [0.3, 0.4) is 0 Å². The van der Waals surface area contributed by atoms with Crippen molar-refractivity contribution in [1.82, 2.24) is 0 Å². The van der Waals surface area contributed by atoms with Gasteiger partial charge in [0.15, 0.2) is 0 Å². The van der Waals surface area contributed by atoms with Gasteiger partial charge in [0, 0.05) is 12.1 Å². The van der Waals surface area contributed by atoms with Crippen LogP contribution in [0.1, 0.15) is 44.1 Å². The molecule has 3 rings (SSSR count). The van der Waals surface area contributed by atoms with Crippen LogP contribution < -0.4 is 14.8 Å². The zero-order valence-corrected chi connectivity index (χ0v) is 15.4. The van der Waals surface area contributed by atoms with Crippen molar-refractivity contribution in [2.24, 2.45) is 0 Å². The van der Waals surface area contributed by atoms with E-state index in [1.807, 2.05) is 55.5 Å². The number of ether oxygens (including phenoxy) is 2. The maximum atomic E-state index is 12.0. The van der Waals surface area contributed by atoms with E-state index in [0.29, 0.717) is 25.6 Å². The molecule has 0 radical (unpaired) electrons. The minimum absolute atomic E-state index is 0.00182. The Morgan fingerprint density at radius 3 is 2.35 bits per heavy atom. The van der Waals surface area contributed by atoms with E-state index in [9.17, 15) is 4.79 Å². The Balaban J connectivity index is 1.35. The Hall–Kier alpha value is -2.49. The molecule has 0 unspecified atom stereocenters. The smallest absolute Gasteiger partial charge is 0.224 e. The van der Waals surface area contributed by atoms with Crippen molar-refractivity contribution in [3.63, 3.8) is 0 Å². The number of nitrogens with one attached hydrogen (secondary N) is 1. The molecule has 1 aliphatic carbocycles. The molecular weight excluding hydrogens is 326 g/mol. The van der Waals surface area contributed by atoms with Gasteiger partial charge in [0.05, 0.1) is 12.7 Å². The Labute approximate surface area is 155 Å². The van der Waals surface area contributed by atoms with E-state index in [1.54, 1.807) is 0 Å². The molecule has 0 aromatic heterocycles. The van der Waals surface area contributed by atoms with Gasteiger partial charge in [-0.1, -0.05) is 17.7 Å². The van der Waals surface area contributed by atoms with Crippen molar-refractivity contribution in [3.05, 3.63) is 54.1 Å². The monoisotopic (exact) mass is 353 g/mol. The van der Waals surface area contributed by atoms with E-state index >= 15 is 0 Å². The molecule has 1 amide bonds. The molecule has 1 N–H and O–H groups in total. The summed E-state index contributed by atoms with van der Waals surface area (Å²) < 4.78 is 11.6. The molecule has 1 aliphatic rings. The minimum Gasteiger partial charge on any atom is -0.494 e. The second-order valence-corrected chi connectivity index (χ2v) is 6.86. The fraction of sp³-hybridized carbons (Fsp3) is 0.409. The van der Waals surface area contributed by atoms with E-state index in [2.05, 4.69) is 5.32 Å². The van der Waals surface area contributed by atoms with Gasteiger partial charge < -0.3 is 14.8 Å². The predicted molar refractivity (Wildman–Crippen MR) is 104 cm³/mol. The summed E-state index contributed by atoms with van der Waals surface area (Å²) in [4.78, 5) is 12.0. The van der Waals surface area contributed by atoms with E-state index in [1.165, 1.54) is 18.4 Å². The molecule has 0 atom stereocenters. The summed E-state index contributed by atoms with van der Waals surface area (Å²) in [5.41, 5.74) is 2.00. The van der Waals surface area contributed by atoms with Crippen LogP contribution in [-0.4, -0.2) is 18.6 Å². The molecule has 138 valence electrons. The van der Waals surface area contributed by atoms with Crippen LogP contribution in [0, 0.1) is 6.92 Å². The third-order valence-corrected chi connectivity index (χ3v) is 4.58. The second kappa shape index (κ2) is 9.27. The van der Waals surface area contributed by atoms with E-state index in [4.69, 9.17) is 9.47 Å². The molecule has 2 aromatic carbocycles. The first kappa shape index (κ1) is 18.3. The molecular formula is C22H27NO3. The molecule has 0 heterocycles. The lowest BCUT2D eigenvalue weighted by Crippen LogP contribution is -2.13. The second-order valence-electron chi connectivity index (χ2n) is 6.86. The number of rotatable bonds is 8. The Kier molecular flexibility index (Phi) is 6.53. The van der Waals surface area contributed by atoms with Crippen molar-refractivity contribution >= 4 is 11.6 Å². The SMILES string of the molecule is Cc1ccc(OCCCC(=O)Nc2ccc(OC3CCCC3)cc2)cc1. The van der Waals surface area contributed by atoms with Gasteiger partial charge in [-0.3, -0.25) is 4.79 Å². The first-order chi connectivity index (χ1) is 12.7. The van der Waals surface area contributed by atoms with Crippen LogP contribution in [0.4, 0.5) is 5.69 Å². The molecule has 1 saturated carbocycles. The van der Waals surface area contributed by atoms with Gasteiger partial charge in [0.1, 0.15) is 11.5 Å². The predicted octanol–water partition coefficient (Wildman–Crippen LogP) is 5.11. The Morgan fingerprint density at radius 2 is 1.65 bits per heavy atom. The van der Waals surface area contributed by atoms with Crippen molar-refractivity contribution in [2.75, 3.05) is 11.9 Å². The zero-order valence-electron chi connectivity index (χ0n) is 15.4. The van der Waals surface area contributed by atoms with Gasteiger partial charge in [-0.15, -0.1) is 0 Å².